The van der Waals surface area contributed by atoms with E-state index in [0.29, 0.717) is 25.5 Å². The highest BCUT2D eigenvalue weighted by atomic mass is 35.5. The Balaban J connectivity index is 1.60. The van der Waals surface area contributed by atoms with Gasteiger partial charge in [0.05, 0.1) is 12.0 Å². The first-order chi connectivity index (χ1) is 15.2. The molecule has 0 amide bonds. The third-order valence-electron chi connectivity index (χ3n) is 4.73. The molecule has 2 aromatic heterocycles. The number of anilines is 2. The first-order valence-corrected chi connectivity index (χ1v) is 11.6. The molecule has 3 N–H and O–H groups in total. The molecule has 0 aliphatic rings. The lowest BCUT2D eigenvalue weighted by Gasteiger charge is -2.09. The van der Waals surface area contributed by atoms with Crippen molar-refractivity contribution in [2.24, 2.45) is 0 Å². The van der Waals surface area contributed by atoms with Crippen LogP contribution in [0.15, 0.2) is 54.7 Å². The number of nitrogens with zero attached hydrogens (tertiary/aromatic N) is 4. The van der Waals surface area contributed by atoms with Crippen LogP contribution >= 0.6 is 23.4 Å². The smallest absolute Gasteiger partial charge is 0.222 e. The first-order valence-electron chi connectivity index (χ1n) is 9.79. The summed E-state index contributed by atoms with van der Waals surface area (Å²) in [5.41, 5.74) is 10.2. The minimum Gasteiger partial charge on any atom is -0.381 e. The van der Waals surface area contributed by atoms with Gasteiger partial charge in [-0.25, -0.2) is 9.67 Å². The summed E-state index contributed by atoms with van der Waals surface area (Å²) in [6.07, 6.45) is 3.76. The second-order valence-electron chi connectivity index (χ2n) is 6.87. The summed E-state index contributed by atoms with van der Waals surface area (Å²) in [7, 11) is 0. The number of aromatic nitrogens is 4. The van der Waals surface area contributed by atoms with Crippen LogP contribution in [0.2, 0.25) is 5.02 Å². The molecule has 0 fully saturated rings. The Morgan fingerprint density at radius 3 is 2.90 bits per heavy atom. The van der Waals surface area contributed by atoms with Crippen molar-refractivity contribution in [2.45, 2.75) is 13.3 Å². The standard InChI is InChI=1S/C22H23ClN6OS/c1-31-10-9-30-14-29-21-18(13-26-22(24)27-21)20(28-29)15-6-4-7-17(11-15)25-12-16-5-2-3-8-19(16)23/h2-8,11,13,25H,9-10,12,14H2,1H3,(H2,24,26,27). The number of fused-ring (bicyclic) bond motifs is 1. The second-order valence-corrected chi connectivity index (χ2v) is 8.26. The Bertz CT molecular complexity index is 1180. The normalized spacial score (nSPS) is 11.2. The van der Waals surface area contributed by atoms with Gasteiger partial charge < -0.3 is 15.8 Å². The molecule has 4 aromatic rings. The van der Waals surface area contributed by atoms with E-state index in [4.69, 9.17) is 27.2 Å². The summed E-state index contributed by atoms with van der Waals surface area (Å²) in [5.74, 6) is 1.13. The van der Waals surface area contributed by atoms with Crippen LogP contribution in [-0.2, 0) is 18.0 Å². The van der Waals surface area contributed by atoms with Gasteiger partial charge in [0.15, 0.2) is 5.65 Å². The number of nitrogens with two attached hydrogens (primary N) is 1. The Labute approximate surface area is 190 Å². The van der Waals surface area contributed by atoms with Crippen LogP contribution in [0.4, 0.5) is 11.6 Å². The van der Waals surface area contributed by atoms with Gasteiger partial charge in [-0.3, -0.25) is 0 Å². The number of thioether (sulfide) groups is 1. The van der Waals surface area contributed by atoms with Crippen LogP contribution in [0.25, 0.3) is 22.3 Å². The van der Waals surface area contributed by atoms with Crippen molar-refractivity contribution in [2.75, 3.05) is 29.7 Å². The van der Waals surface area contributed by atoms with Gasteiger partial charge in [-0.05, 0) is 30.0 Å². The molecule has 9 heteroatoms. The van der Waals surface area contributed by atoms with Crippen molar-refractivity contribution < 1.29 is 4.74 Å². The third kappa shape index (κ3) is 5.10. The van der Waals surface area contributed by atoms with Crippen molar-refractivity contribution >= 4 is 46.0 Å². The molecular formula is C22H23ClN6OS. The molecule has 2 aromatic carbocycles. The van der Waals surface area contributed by atoms with E-state index in [1.54, 1.807) is 22.6 Å². The minimum atomic E-state index is 0.208. The van der Waals surface area contributed by atoms with E-state index in [9.17, 15) is 0 Å². The number of ether oxygens (including phenoxy) is 1. The van der Waals surface area contributed by atoms with Crippen molar-refractivity contribution in [1.29, 1.82) is 0 Å². The molecule has 31 heavy (non-hydrogen) atoms. The fourth-order valence-corrected chi connectivity index (χ4v) is 3.67. The van der Waals surface area contributed by atoms with E-state index >= 15 is 0 Å². The Morgan fingerprint density at radius 2 is 2.06 bits per heavy atom. The predicted octanol–water partition coefficient (Wildman–Crippen LogP) is 4.68. The predicted molar refractivity (Wildman–Crippen MR) is 128 cm³/mol. The van der Waals surface area contributed by atoms with Gasteiger partial charge in [0, 0.05) is 34.8 Å². The Morgan fingerprint density at radius 1 is 1.19 bits per heavy atom. The molecule has 0 bridgehead atoms. The minimum absolute atomic E-state index is 0.208. The lowest BCUT2D eigenvalue weighted by atomic mass is 10.1. The fourth-order valence-electron chi connectivity index (χ4n) is 3.18. The Hall–Kier alpha value is -2.81. The lowest BCUT2D eigenvalue weighted by Crippen LogP contribution is -2.08. The molecule has 2 heterocycles. The summed E-state index contributed by atoms with van der Waals surface area (Å²) >= 11 is 8.00. The molecule has 7 nitrogen and oxygen atoms in total. The maximum absolute atomic E-state index is 6.27. The summed E-state index contributed by atoms with van der Waals surface area (Å²) in [6.45, 7) is 1.57. The molecular weight excluding hydrogens is 432 g/mol. The second kappa shape index (κ2) is 10.00. The van der Waals surface area contributed by atoms with Gasteiger partial charge in [-0.2, -0.15) is 21.8 Å². The van der Waals surface area contributed by atoms with E-state index in [0.717, 1.165) is 38.7 Å². The highest BCUT2D eigenvalue weighted by Crippen LogP contribution is 2.29. The highest BCUT2D eigenvalue weighted by Gasteiger charge is 2.15. The molecule has 4 rings (SSSR count). The first kappa shape index (κ1) is 21.4. The Kier molecular flexibility index (Phi) is 6.91. The molecule has 0 unspecified atom stereocenters. The van der Waals surface area contributed by atoms with Gasteiger partial charge in [0.2, 0.25) is 5.95 Å². The number of hydrogen-bond acceptors (Lipinski definition) is 7. The molecule has 0 saturated carbocycles. The zero-order valence-electron chi connectivity index (χ0n) is 17.1. The SMILES string of the molecule is CSCCOCn1nc(-c2cccc(NCc3ccccc3Cl)c2)c2cnc(N)nc21. The van der Waals surface area contributed by atoms with E-state index in [2.05, 4.69) is 15.3 Å². The summed E-state index contributed by atoms with van der Waals surface area (Å²) in [5, 5.41) is 9.74. The van der Waals surface area contributed by atoms with E-state index < -0.39 is 0 Å². The quantitative estimate of drug-likeness (QED) is 0.355. The van der Waals surface area contributed by atoms with Crippen LogP contribution in [0.1, 0.15) is 5.56 Å². The summed E-state index contributed by atoms with van der Waals surface area (Å²) in [6, 6.07) is 15.9. The molecule has 0 aliphatic carbocycles. The maximum atomic E-state index is 6.27. The van der Waals surface area contributed by atoms with Crippen LogP contribution in [0.3, 0.4) is 0 Å². The van der Waals surface area contributed by atoms with E-state index in [1.807, 2.05) is 54.8 Å². The molecule has 0 atom stereocenters. The van der Waals surface area contributed by atoms with Crippen LogP contribution in [0.5, 0.6) is 0 Å². The molecule has 0 radical (unpaired) electrons. The van der Waals surface area contributed by atoms with Crippen molar-refractivity contribution in [3.05, 3.63) is 65.3 Å². The van der Waals surface area contributed by atoms with E-state index in [-0.39, 0.29) is 5.95 Å². The molecule has 0 spiro atoms. The number of halogens is 1. The molecule has 0 saturated heterocycles. The zero-order valence-corrected chi connectivity index (χ0v) is 18.7. The van der Waals surface area contributed by atoms with Gasteiger partial charge in [-0.1, -0.05) is 41.9 Å². The van der Waals surface area contributed by atoms with Crippen molar-refractivity contribution in [3.63, 3.8) is 0 Å². The lowest BCUT2D eigenvalue weighted by molar-refractivity contribution is 0.0841. The molecule has 160 valence electrons. The summed E-state index contributed by atoms with van der Waals surface area (Å²) in [4.78, 5) is 8.54. The van der Waals surface area contributed by atoms with Crippen molar-refractivity contribution in [3.8, 4) is 11.3 Å². The number of nitrogens with one attached hydrogen (secondary N) is 1. The fraction of sp³-hybridized carbons (Fsp3) is 0.227. The van der Waals surface area contributed by atoms with Gasteiger partial charge in [-0.15, -0.1) is 0 Å². The summed E-state index contributed by atoms with van der Waals surface area (Å²) < 4.78 is 7.46. The zero-order chi connectivity index (χ0) is 21.6. The number of hydrogen-bond donors (Lipinski definition) is 2. The number of rotatable bonds is 9. The number of benzene rings is 2. The maximum Gasteiger partial charge on any atom is 0.222 e. The van der Waals surface area contributed by atoms with E-state index in [1.165, 1.54) is 0 Å². The average molecular weight is 455 g/mol. The van der Waals surface area contributed by atoms with Crippen LogP contribution in [0, 0.1) is 0 Å². The largest absolute Gasteiger partial charge is 0.381 e. The van der Waals surface area contributed by atoms with Crippen LogP contribution in [-0.4, -0.2) is 38.4 Å². The van der Waals surface area contributed by atoms with Gasteiger partial charge in [0.1, 0.15) is 12.4 Å². The number of nitrogen functional groups attached to an aromatic ring is 1. The third-order valence-corrected chi connectivity index (χ3v) is 5.67. The van der Waals surface area contributed by atoms with Gasteiger partial charge >= 0.3 is 0 Å². The highest BCUT2D eigenvalue weighted by molar-refractivity contribution is 7.98. The topological polar surface area (TPSA) is 90.9 Å². The monoisotopic (exact) mass is 454 g/mol. The van der Waals surface area contributed by atoms with Crippen molar-refractivity contribution in [1.82, 2.24) is 19.7 Å². The van der Waals surface area contributed by atoms with Crippen LogP contribution < -0.4 is 11.1 Å². The molecule has 0 aliphatic heterocycles. The van der Waals surface area contributed by atoms with Gasteiger partial charge in [0.25, 0.3) is 0 Å². The average Bonchev–Trinajstić information content (AvgIpc) is 3.14.